The number of nitrogens with two attached hydrogens (primary N) is 1. The van der Waals surface area contributed by atoms with E-state index >= 15 is 0 Å². The molecule has 0 radical (unpaired) electrons. The van der Waals surface area contributed by atoms with Crippen molar-refractivity contribution < 1.29 is 9.59 Å². The van der Waals surface area contributed by atoms with Gasteiger partial charge in [0.1, 0.15) is 9.88 Å². The molecule has 3 N–H and O–H groups in total. The maximum Gasteiger partial charge on any atom is 0.260 e. The molecule has 2 amide bonds. The first-order chi connectivity index (χ1) is 9.31. The average Bonchev–Trinajstić information content (AvgIpc) is 2.85. The van der Waals surface area contributed by atoms with Gasteiger partial charge in [0.05, 0.1) is 12.2 Å². The molecular weight excluding hydrogens is 274 g/mol. The van der Waals surface area contributed by atoms with Gasteiger partial charge in [-0.3, -0.25) is 9.59 Å². The van der Waals surface area contributed by atoms with Crippen LogP contribution in [0.5, 0.6) is 0 Å². The molecule has 0 spiro atoms. The van der Waals surface area contributed by atoms with Crippen LogP contribution in [0.3, 0.4) is 0 Å². The molecule has 6 heteroatoms. The van der Waals surface area contributed by atoms with E-state index in [1.54, 1.807) is 0 Å². The Morgan fingerprint density at radius 3 is 2.45 bits per heavy atom. The third kappa shape index (κ3) is 4.92. The van der Waals surface area contributed by atoms with E-state index in [0.717, 1.165) is 12.8 Å². The summed E-state index contributed by atoms with van der Waals surface area (Å²) in [7, 11) is 0. The van der Waals surface area contributed by atoms with Crippen LogP contribution in [0.25, 0.3) is 0 Å². The fourth-order valence-electron chi connectivity index (χ4n) is 1.73. The highest BCUT2D eigenvalue weighted by Gasteiger charge is 2.19. The lowest BCUT2D eigenvalue weighted by Crippen LogP contribution is -2.31. The van der Waals surface area contributed by atoms with Gasteiger partial charge in [-0.25, -0.2) is 4.98 Å². The molecule has 0 saturated carbocycles. The Hall–Kier alpha value is -1.43. The van der Waals surface area contributed by atoms with Gasteiger partial charge in [-0.05, 0) is 19.3 Å². The molecule has 0 aromatic carbocycles. The zero-order valence-electron chi connectivity index (χ0n) is 12.5. The molecule has 20 heavy (non-hydrogen) atoms. The van der Waals surface area contributed by atoms with Gasteiger partial charge >= 0.3 is 0 Å². The largest absolute Gasteiger partial charge is 0.365 e. The summed E-state index contributed by atoms with van der Waals surface area (Å²) in [5.74, 6) is 0.113. The van der Waals surface area contributed by atoms with E-state index < -0.39 is 5.91 Å². The second kappa shape index (κ2) is 7.38. The minimum atomic E-state index is -0.488. The van der Waals surface area contributed by atoms with E-state index in [0.29, 0.717) is 15.8 Å². The van der Waals surface area contributed by atoms with Crippen molar-refractivity contribution >= 4 is 23.2 Å². The van der Waals surface area contributed by atoms with Gasteiger partial charge in [-0.15, -0.1) is 11.3 Å². The van der Waals surface area contributed by atoms with Crippen LogP contribution >= 0.6 is 11.3 Å². The summed E-state index contributed by atoms with van der Waals surface area (Å²) in [6.45, 7) is 8.08. The Bertz CT molecular complexity index is 471. The van der Waals surface area contributed by atoms with E-state index in [-0.39, 0.29) is 17.9 Å². The predicted molar refractivity (Wildman–Crippen MR) is 80.4 cm³/mol. The summed E-state index contributed by atoms with van der Waals surface area (Å²) < 4.78 is 0. The number of primary amides is 1. The molecule has 0 saturated heterocycles. The number of rotatable bonds is 7. The number of nitrogens with zero attached hydrogens (tertiary/aromatic N) is 1. The fraction of sp³-hybridized carbons (Fsp3) is 0.643. The van der Waals surface area contributed by atoms with Crippen molar-refractivity contribution in [3.63, 3.8) is 0 Å². The lowest BCUT2D eigenvalue weighted by Gasteiger charge is -2.16. The number of thiazole rings is 1. The predicted octanol–water partition coefficient (Wildman–Crippen LogP) is 2.49. The van der Waals surface area contributed by atoms with Crippen LogP contribution in [0, 0.1) is 11.8 Å². The molecule has 1 heterocycles. The van der Waals surface area contributed by atoms with Crippen LogP contribution in [0.1, 0.15) is 61.3 Å². The van der Waals surface area contributed by atoms with Crippen LogP contribution in [0.2, 0.25) is 0 Å². The molecule has 0 aliphatic rings. The lowest BCUT2D eigenvalue weighted by molar-refractivity contribution is -0.125. The van der Waals surface area contributed by atoms with Gasteiger partial charge in [0.15, 0.2) is 0 Å². The average molecular weight is 297 g/mol. The topological polar surface area (TPSA) is 85.1 Å². The molecule has 1 aromatic heterocycles. The Labute approximate surface area is 124 Å². The van der Waals surface area contributed by atoms with Crippen molar-refractivity contribution in [1.29, 1.82) is 0 Å². The highest BCUT2D eigenvalue weighted by molar-refractivity contribution is 7.13. The Morgan fingerprint density at radius 1 is 1.30 bits per heavy atom. The van der Waals surface area contributed by atoms with Crippen molar-refractivity contribution in [2.45, 2.75) is 46.6 Å². The normalized spacial score (nSPS) is 14.1. The van der Waals surface area contributed by atoms with E-state index in [9.17, 15) is 9.59 Å². The molecule has 1 rings (SSSR count). The molecule has 2 unspecified atom stereocenters. The summed E-state index contributed by atoms with van der Waals surface area (Å²) >= 11 is 1.22. The van der Waals surface area contributed by atoms with Crippen LogP contribution in [-0.2, 0) is 4.79 Å². The quantitative estimate of drug-likeness (QED) is 0.810. The zero-order chi connectivity index (χ0) is 15.3. The standard InChI is InChI=1S/C14H23N3O2S/c1-8(2)5-6-9(3)13(19)17-10(4)14-16-7-11(20-14)12(15)18/h7-10H,5-6H2,1-4H3,(H2,15,18)(H,17,19). The van der Waals surface area contributed by atoms with E-state index in [2.05, 4.69) is 24.1 Å². The highest BCUT2D eigenvalue weighted by atomic mass is 32.1. The second-order valence-electron chi connectivity index (χ2n) is 5.53. The first-order valence-corrected chi connectivity index (χ1v) is 7.68. The lowest BCUT2D eigenvalue weighted by atomic mass is 9.98. The Morgan fingerprint density at radius 2 is 1.95 bits per heavy atom. The van der Waals surface area contributed by atoms with Crippen LogP contribution in [0.4, 0.5) is 0 Å². The van der Waals surface area contributed by atoms with Crippen molar-refractivity contribution in [3.05, 3.63) is 16.1 Å². The third-order valence-corrected chi connectivity index (χ3v) is 4.31. The molecule has 0 aliphatic heterocycles. The van der Waals surface area contributed by atoms with Crippen molar-refractivity contribution in [3.8, 4) is 0 Å². The number of hydrogen-bond donors (Lipinski definition) is 2. The van der Waals surface area contributed by atoms with Crippen molar-refractivity contribution in [1.82, 2.24) is 10.3 Å². The molecule has 5 nitrogen and oxygen atoms in total. The van der Waals surface area contributed by atoms with Gasteiger partial charge in [-0.2, -0.15) is 0 Å². The SMILES string of the molecule is CC(C)CCC(C)C(=O)NC(C)c1ncc(C(N)=O)s1. The summed E-state index contributed by atoms with van der Waals surface area (Å²) in [5, 5.41) is 3.63. The van der Waals surface area contributed by atoms with E-state index in [1.165, 1.54) is 17.5 Å². The van der Waals surface area contributed by atoms with Gasteiger partial charge in [-0.1, -0.05) is 27.2 Å². The number of aromatic nitrogens is 1. The van der Waals surface area contributed by atoms with Gasteiger partial charge in [0, 0.05) is 5.92 Å². The third-order valence-electron chi connectivity index (χ3n) is 3.12. The molecule has 0 bridgehead atoms. The van der Waals surface area contributed by atoms with Gasteiger partial charge in [0.2, 0.25) is 5.91 Å². The molecule has 0 fully saturated rings. The summed E-state index contributed by atoms with van der Waals surface area (Å²) in [6.07, 6.45) is 3.36. The zero-order valence-corrected chi connectivity index (χ0v) is 13.3. The maximum atomic E-state index is 12.1. The smallest absolute Gasteiger partial charge is 0.260 e. The summed E-state index contributed by atoms with van der Waals surface area (Å²) in [5.41, 5.74) is 5.19. The monoisotopic (exact) mass is 297 g/mol. The first kappa shape index (κ1) is 16.6. The van der Waals surface area contributed by atoms with Gasteiger partial charge < -0.3 is 11.1 Å². The summed E-state index contributed by atoms with van der Waals surface area (Å²) in [4.78, 5) is 27.6. The first-order valence-electron chi connectivity index (χ1n) is 6.87. The van der Waals surface area contributed by atoms with E-state index in [1.807, 2.05) is 13.8 Å². The number of carbonyl (C=O) groups is 2. The number of amides is 2. The molecule has 1 aromatic rings. The second-order valence-corrected chi connectivity index (χ2v) is 6.59. The maximum absolute atomic E-state index is 12.1. The number of nitrogens with one attached hydrogen (secondary N) is 1. The fourth-order valence-corrected chi connectivity index (χ4v) is 2.51. The molecule has 2 atom stereocenters. The summed E-state index contributed by atoms with van der Waals surface area (Å²) in [6, 6.07) is -0.206. The van der Waals surface area contributed by atoms with Crippen molar-refractivity contribution in [2.24, 2.45) is 17.6 Å². The number of hydrogen-bond acceptors (Lipinski definition) is 4. The van der Waals surface area contributed by atoms with Crippen molar-refractivity contribution in [2.75, 3.05) is 0 Å². The Balaban J connectivity index is 2.53. The minimum Gasteiger partial charge on any atom is -0.365 e. The molecule has 0 aliphatic carbocycles. The molecule has 112 valence electrons. The van der Waals surface area contributed by atoms with Crippen LogP contribution in [-0.4, -0.2) is 16.8 Å². The van der Waals surface area contributed by atoms with E-state index in [4.69, 9.17) is 5.73 Å². The van der Waals surface area contributed by atoms with Gasteiger partial charge in [0.25, 0.3) is 5.91 Å². The number of carbonyl (C=O) groups excluding carboxylic acids is 2. The molecular formula is C14H23N3O2S. The highest BCUT2D eigenvalue weighted by Crippen LogP contribution is 2.20. The van der Waals surface area contributed by atoms with Crippen LogP contribution in [0.15, 0.2) is 6.20 Å². The minimum absolute atomic E-state index is 0.0181. The Kier molecular flexibility index (Phi) is 6.13. The van der Waals surface area contributed by atoms with Crippen LogP contribution < -0.4 is 11.1 Å².